The molecular weight excluding hydrogens is 198 g/mol. The number of unbranched alkanes of at least 4 members (excludes halogenated alkanes) is 4. The van der Waals surface area contributed by atoms with Crippen molar-refractivity contribution in [2.75, 3.05) is 6.54 Å². The molecule has 0 amide bonds. The lowest BCUT2D eigenvalue weighted by Crippen LogP contribution is -2.39. The molecule has 2 heteroatoms. The summed E-state index contributed by atoms with van der Waals surface area (Å²) in [7, 11) is 0. The van der Waals surface area contributed by atoms with E-state index >= 15 is 0 Å². The summed E-state index contributed by atoms with van der Waals surface area (Å²) in [6.07, 6.45) is 11.3. The molecule has 0 aromatic carbocycles. The summed E-state index contributed by atoms with van der Waals surface area (Å²) in [5.74, 6) is 0.446. The van der Waals surface area contributed by atoms with E-state index in [9.17, 15) is 4.79 Å². The van der Waals surface area contributed by atoms with Crippen molar-refractivity contribution < 1.29 is 4.79 Å². The van der Waals surface area contributed by atoms with Gasteiger partial charge in [-0.1, -0.05) is 39.0 Å². The van der Waals surface area contributed by atoms with Crippen LogP contribution in [0.3, 0.4) is 0 Å². The van der Waals surface area contributed by atoms with Crippen molar-refractivity contribution in [1.82, 2.24) is 0 Å². The molecule has 0 bridgehead atoms. The molecule has 0 spiro atoms. The van der Waals surface area contributed by atoms with Gasteiger partial charge in [-0.25, -0.2) is 0 Å². The van der Waals surface area contributed by atoms with Gasteiger partial charge >= 0.3 is 0 Å². The highest BCUT2D eigenvalue weighted by atomic mass is 16.1. The van der Waals surface area contributed by atoms with E-state index in [0.29, 0.717) is 12.3 Å². The van der Waals surface area contributed by atoms with Gasteiger partial charge in [0.05, 0.1) is 0 Å². The molecule has 94 valence electrons. The highest BCUT2D eigenvalue weighted by Crippen LogP contribution is 2.43. The fourth-order valence-electron chi connectivity index (χ4n) is 2.56. The standard InChI is InChI=1S/C14H27NO/c1-2-3-4-5-6-8-13(16)11-14(12-15)9-7-10-14/h2-12,15H2,1H3. The van der Waals surface area contributed by atoms with Gasteiger partial charge in [-0.3, -0.25) is 4.79 Å². The third-order valence-corrected chi connectivity index (χ3v) is 3.98. The fourth-order valence-corrected chi connectivity index (χ4v) is 2.56. The van der Waals surface area contributed by atoms with Crippen LogP contribution >= 0.6 is 0 Å². The lowest BCUT2D eigenvalue weighted by Gasteiger charge is -2.40. The summed E-state index contributed by atoms with van der Waals surface area (Å²) < 4.78 is 0. The van der Waals surface area contributed by atoms with Crippen molar-refractivity contribution in [3.05, 3.63) is 0 Å². The predicted molar refractivity (Wildman–Crippen MR) is 68.3 cm³/mol. The molecule has 1 saturated carbocycles. The summed E-state index contributed by atoms with van der Waals surface area (Å²) in [5, 5.41) is 0. The van der Waals surface area contributed by atoms with Crippen molar-refractivity contribution in [3.63, 3.8) is 0 Å². The average molecular weight is 225 g/mol. The normalized spacial score (nSPS) is 18.1. The van der Waals surface area contributed by atoms with E-state index in [0.717, 1.165) is 19.3 Å². The lowest BCUT2D eigenvalue weighted by atomic mass is 9.65. The van der Waals surface area contributed by atoms with Gasteiger partial charge in [0.2, 0.25) is 0 Å². The second kappa shape index (κ2) is 7.05. The van der Waals surface area contributed by atoms with Gasteiger partial charge in [0.15, 0.2) is 0 Å². The third-order valence-electron chi connectivity index (χ3n) is 3.98. The molecule has 1 aliphatic rings. The number of carbonyl (C=O) groups excluding carboxylic acids is 1. The molecule has 0 radical (unpaired) electrons. The zero-order valence-corrected chi connectivity index (χ0v) is 10.8. The van der Waals surface area contributed by atoms with Gasteiger partial charge in [-0.05, 0) is 31.2 Å². The Morgan fingerprint density at radius 2 is 1.88 bits per heavy atom. The maximum atomic E-state index is 11.8. The minimum absolute atomic E-state index is 0.209. The fraction of sp³-hybridized carbons (Fsp3) is 0.929. The van der Waals surface area contributed by atoms with E-state index in [1.807, 2.05) is 0 Å². The molecule has 2 N–H and O–H groups in total. The Bertz CT molecular complexity index is 203. The van der Waals surface area contributed by atoms with Gasteiger partial charge in [0, 0.05) is 12.8 Å². The number of nitrogens with two attached hydrogens (primary N) is 1. The second-order valence-electron chi connectivity index (χ2n) is 5.44. The van der Waals surface area contributed by atoms with E-state index in [4.69, 9.17) is 5.73 Å². The Hall–Kier alpha value is -0.370. The van der Waals surface area contributed by atoms with E-state index in [1.54, 1.807) is 0 Å². The number of ketones is 1. The van der Waals surface area contributed by atoms with Crippen molar-refractivity contribution in [3.8, 4) is 0 Å². The van der Waals surface area contributed by atoms with Gasteiger partial charge in [0.1, 0.15) is 5.78 Å². The van der Waals surface area contributed by atoms with Crippen LogP contribution < -0.4 is 5.73 Å². The Morgan fingerprint density at radius 3 is 2.38 bits per heavy atom. The zero-order valence-electron chi connectivity index (χ0n) is 10.8. The van der Waals surface area contributed by atoms with Crippen molar-refractivity contribution in [2.45, 2.75) is 71.1 Å². The first-order valence-corrected chi connectivity index (χ1v) is 6.94. The number of carbonyl (C=O) groups is 1. The molecule has 0 saturated heterocycles. The van der Waals surface area contributed by atoms with Crippen LogP contribution in [-0.4, -0.2) is 12.3 Å². The maximum absolute atomic E-state index is 11.8. The van der Waals surface area contributed by atoms with Crippen molar-refractivity contribution in [1.29, 1.82) is 0 Å². The van der Waals surface area contributed by atoms with E-state index in [1.165, 1.54) is 44.9 Å². The van der Waals surface area contributed by atoms with Crippen LogP contribution in [0, 0.1) is 5.41 Å². The number of hydrogen-bond donors (Lipinski definition) is 1. The van der Waals surface area contributed by atoms with Crippen LogP contribution in [0.5, 0.6) is 0 Å². The summed E-state index contributed by atoms with van der Waals surface area (Å²) in [4.78, 5) is 11.8. The maximum Gasteiger partial charge on any atom is 0.133 e. The largest absolute Gasteiger partial charge is 0.330 e. The van der Waals surface area contributed by atoms with Crippen LogP contribution in [-0.2, 0) is 4.79 Å². The van der Waals surface area contributed by atoms with E-state index in [-0.39, 0.29) is 5.41 Å². The van der Waals surface area contributed by atoms with E-state index in [2.05, 4.69) is 6.92 Å². The van der Waals surface area contributed by atoms with E-state index < -0.39 is 0 Å². The van der Waals surface area contributed by atoms with Crippen LogP contribution in [0.4, 0.5) is 0 Å². The summed E-state index contributed by atoms with van der Waals surface area (Å²) in [5.41, 5.74) is 5.97. The monoisotopic (exact) mass is 225 g/mol. The Kier molecular flexibility index (Phi) is 6.04. The molecule has 1 fully saturated rings. The Morgan fingerprint density at radius 1 is 1.19 bits per heavy atom. The first-order valence-electron chi connectivity index (χ1n) is 6.94. The third kappa shape index (κ3) is 4.25. The Labute approximate surface area is 100.0 Å². The van der Waals surface area contributed by atoms with Crippen molar-refractivity contribution in [2.24, 2.45) is 11.1 Å². The quantitative estimate of drug-likeness (QED) is 0.611. The number of hydrogen-bond acceptors (Lipinski definition) is 2. The molecule has 16 heavy (non-hydrogen) atoms. The highest BCUT2D eigenvalue weighted by molar-refractivity contribution is 5.79. The molecule has 0 unspecified atom stereocenters. The van der Waals surface area contributed by atoms with Gasteiger partial charge in [-0.15, -0.1) is 0 Å². The SMILES string of the molecule is CCCCCCCC(=O)CC1(CN)CCC1. The lowest BCUT2D eigenvalue weighted by molar-refractivity contribution is -0.122. The van der Waals surface area contributed by atoms with Crippen LogP contribution in [0.1, 0.15) is 71.1 Å². The second-order valence-corrected chi connectivity index (χ2v) is 5.44. The number of Topliss-reactive ketones (excluding diaryl/α,β-unsaturated/α-hetero) is 1. The molecule has 0 atom stereocenters. The minimum Gasteiger partial charge on any atom is -0.330 e. The predicted octanol–water partition coefficient (Wildman–Crippen LogP) is 3.44. The molecular formula is C14H27NO. The van der Waals surface area contributed by atoms with Crippen LogP contribution in [0.25, 0.3) is 0 Å². The van der Waals surface area contributed by atoms with Gasteiger partial charge < -0.3 is 5.73 Å². The van der Waals surface area contributed by atoms with Gasteiger partial charge in [-0.2, -0.15) is 0 Å². The highest BCUT2D eigenvalue weighted by Gasteiger charge is 2.36. The first kappa shape index (κ1) is 13.7. The van der Waals surface area contributed by atoms with Crippen molar-refractivity contribution >= 4 is 5.78 Å². The smallest absolute Gasteiger partial charge is 0.133 e. The topological polar surface area (TPSA) is 43.1 Å². The Balaban J connectivity index is 2.06. The molecule has 0 heterocycles. The average Bonchev–Trinajstić information content (AvgIpc) is 2.23. The van der Waals surface area contributed by atoms with Gasteiger partial charge in [0.25, 0.3) is 0 Å². The minimum atomic E-state index is 0.209. The molecule has 1 rings (SSSR count). The molecule has 2 nitrogen and oxygen atoms in total. The molecule has 0 aliphatic heterocycles. The molecule has 0 aromatic rings. The zero-order chi connectivity index (χ0) is 11.9. The number of rotatable bonds is 9. The summed E-state index contributed by atoms with van der Waals surface area (Å²) >= 11 is 0. The first-order chi connectivity index (χ1) is 7.72. The molecule has 0 aromatic heterocycles. The van der Waals surface area contributed by atoms with Crippen LogP contribution in [0.2, 0.25) is 0 Å². The summed E-state index contributed by atoms with van der Waals surface area (Å²) in [6, 6.07) is 0. The summed E-state index contributed by atoms with van der Waals surface area (Å²) in [6.45, 7) is 2.92. The molecule has 1 aliphatic carbocycles. The van der Waals surface area contributed by atoms with Crippen LogP contribution in [0.15, 0.2) is 0 Å².